The minimum absolute atomic E-state index is 0.367. The van der Waals surface area contributed by atoms with Crippen molar-refractivity contribution in [2.24, 2.45) is 0 Å². The van der Waals surface area contributed by atoms with Crippen LogP contribution in [0.2, 0.25) is 0 Å². The van der Waals surface area contributed by atoms with Crippen LogP contribution in [0.5, 0.6) is 0 Å². The molecule has 3 rings (SSSR count). The van der Waals surface area contributed by atoms with Crippen LogP contribution in [0.4, 0.5) is 0 Å². The first-order valence-electron chi connectivity index (χ1n) is 7.37. The molecule has 1 saturated carbocycles. The standard InChI is InChI=1S/C14H27N3/c1-14(2)6-5-13(11-15-14)17-9-7-16(8-10-17)12-3-4-12/h12-13,15H,3-11H2,1-2H3. The Kier molecular flexibility index (Phi) is 3.18. The van der Waals surface area contributed by atoms with Gasteiger partial charge in [-0.2, -0.15) is 0 Å². The molecule has 0 aromatic rings. The van der Waals surface area contributed by atoms with Crippen LogP contribution in [0, 0.1) is 0 Å². The van der Waals surface area contributed by atoms with Gasteiger partial charge in [0.25, 0.3) is 0 Å². The van der Waals surface area contributed by atoms with Crippen molar-refractivity contribution < 1.29 is 0 Å². The van der Waals surface area contributed by atoms with E-state index in [0.717, 1.165) is 12.1 Å². The Morgan fingerprint density at radius 1 is 0.882 bits per heavy atom. The molecule has 17 heavy (non-hydrogen) atoms. The van der Waals surface area contributed by atoms with Crippen LogP contribution in [-0.4, -0.2) is 60.1 Å². The molecule has 0 spiro atoms. The number of rotatable bonds is 2. The van der Waals surface area contributed by atoms with Crippen molar-refractivity contribution in [3.63, 3.8) is 0 Å². The van der Waals surface area contributed by atoms with E-state index in [0.29, 0.717) is 5.54 Å². The molecule has 2 saturated heterocycles. The first-order chi connectivity index (χ1) is 8.14. The van der Waals surface area contributed by atoms with E-state index in [2.05, 4.69) is 29.0 Å². The second kappa shape index (κ2) is 4.52. The molecule has 3 fully saturated rings. The fraction of sp³-hybridized carbons (Fsp3) is 1.00. The quantitative estimate of drug-likeness (QED) is 0.781. The van der Waals surface area contributed by atoms with Crippen LogP contribution >= 0.6 is 0 Å². The van der Waals surface area contributed by atoms with Crippen LogP contribution in [-0.2, 0) is 0 Å². The molecule has 1 unspecified atom stereocenters. The third-order valence-electron chi connectivity index (χ3n) is 4.85. The molecule has 2 heterocycles. The molecule has 98 valence electrons. The molecule has 3 nitrogen and oxygen atoms in total. The molecule has 3 aliphatic rings. The van der Waals surface area contributed by atoms with Crippen molar-refractivity contribution in [2.75, 3.05) is 32.7 Å². The van der Waals surface area contributed by atoms with E-state index in [1.165, 1.54) is 58.4 Å². The van der Waals surface area contributed by atoms with Gasteiger partial charge in [0.1, 0.15) is 0 Å². The van der Waals surface area contributed by atoms with Crippen molar-refractivity contribution in [1.82, 2.24) is 15.1 Å². The Balaban J connectivity index is 1.46. The first kappa shape index (κ1) is 11.9. The van der Waals surface area contributed by atoms with E-state index in [4.69, 9.17) is 0 Å². The minimum atomic E-state index is 0.367. The lowest BCUT2D eigenvalue weighted by Gasteiger charge is -2.44. The number of nitrogens with zero attached hydrogens (tertiary/aromatic N) is 2. The average molecular weight is 237 g/mol. The second-order valence-corrected chi connectivity index (χ2v) is 6.76. The molecule has 0 aromatic carbocycles. The maximum Gasteiger partial charge on any atom is 0.0222 e. The number of piperidine rings is 1. The zero-order valence-corrected chi connectivity index (χ0v) is 11.4. The average Bonchev–Trinajstić information content (AvgIpc) is 3.13. The van der Waals surface area contributed by atoms with Crippen molar-refractivity contribution in [1.29, 1.82) is 0 Å². The van der Waals surface area contributed by atoms with E-state index in [1.807, 2.05) is 0 Å². The maximum absolute atomic E-state index is 3.70. The van der Waals surface area contributed by atoms with Crippen LogP contribution in [0.3, 0.4) is 0 Å². The van der Waals surface area contributed by atoms with Crippen molar-refractivity contribution >= 4 is 0 Å². The predicted octanol–water partition coefficient (Wildman–Crippen LogP) is 1.30. The summed E-state index contributed by atoms with van der Waals surface area (Å²) in [7, 11) is 0. The molecular formula is C14H27N3. The minimum Gasteiger partial charge on any atom is -0.310 e. The highest BCUT2D eigenvalue weighted by Crippen LogP contribution is 2.28. The summed E-state index contributed by atoms with van der Waals surface area (Å²) in [6.07, 6.45) is 5.61. The molecule has 0 bridgehead atoms. The van der Waals surface area contributed by atoms with E-state index >= 15 is 0 Å². The van der Waals surface area contributed by atoms with Gasteiger partial charge in [0.05, 0.1) is 0 Å². The highest BCUT2D eigenvalue weighted by atomic mass is 15.3. The Morgan fingerprint density at radius 3 is 1.94 bits per heavy atom. The first-order valence-corrected chi connectivity index (χ1v) is 7.37. The summed E-state index contributed by atoms with van der Waals surface area (Å²) in [5.74, 6) is 0. The lowest BCUT2D eigenvalue weighted by molar-refractivity contribution is 0.0671. The Hall–Kier alpha value is -0.120. The summed E-state index contributed by atoms with van der Waals surface area (Å²) in [6.45, 7) is 11.1. The third kappa shape index (κ3) is 2.83. The lowest BCUT2D eigenvalue weighted by atomic mass is 9.90. The predicted molar refractivity (Wildman–Crippen MR) is 71.3 cm³/mol. The van der Waals surface area contributed by atoms with Gasteiger partial charge < -0.3 is 5.32 Å². The van der Waals surface area contributed by atoms with Crippen molar-refractivity contribution in [2.45, 2.75) is 57.2 Å². The van der Waals surface area contributed by atoms with E-state index in [-0.39, 0.29) is 0 Å². The monoisotopic (exact) mass is 237 g/mol. The fourth-order valence-electron chi connectivity index (χ4n) is 3.33. The van der Waals surface area contributed by atoms with Crippen LogP contribution in [0.1, 0.15) is 39.5 Å². The topological polar surface area (TPSA) is 18.5 Å². The molecule has 1 aliphatic carbocycles. The molecule has 0 radical (unpaired) electrons. The van der Waals surface area contributed by atoms with E-state index in [9.17, 15) is 0 Å². The van der Waals surface area contributed by atoms with Crippen LogP contribution in [0.15, 0.2) is 0 Å². The van der Waals surface area contributed by atoms with Gasteiger partial charge in [0.15, 0.2) is 0 Å². The van der Waals surface area contributed by atoms with Crippen LogP contribution < -0.4 is 5.32 Å². The fourth-order valence-corrected chi connectivity index (χ4v) is 3.33. The van der Waals surface area contributed by atoms with E-state index < -0.39 is 0 Å². The normalized spacial score (nSPS) is 36.0. The number of hydrogen-bond donors (Lipinski definition) is 1. The summed E-state index contributed by atoms with van der Waals surface area (Å²) in [4.78, 5) is 5.43. The van der Waals surface area contributed by atoms with Gasteiger partial charge in [-0.15, -0.1) is 0 Å². The Morgan fingerprint density at radius 2 is 1.47 bits per heavy atom. The highest BCUT2D eigenvalue weighted by Gasteiger charge is 2.34. The zero-order valence-electron chi connectivity index (χ0n) is 11.4. The summed E-state index contributed by atoms with van der Waals surface area (Å²) in [5.41, 5.74) is 0.367. The smallest absolute Gasteiger partial charge is 0.0222 e. The summed E-state index contributed by atoms with van der Waals surface area (Å²) in [5, 5.41) is 3.70. The highest BCUT2D eigenvalue weighted by molar-refractivity contribution is 4.93. The lowest BCUT2D eigenvalue weighted by Crippen LogP contribution is -2.58. The van der Waals surface area contributed by atoms with Gasteiger partial charge in [0.2, 0.25) is 0 Å². The Labute approximate surface area is 106 Å². The van der Waals surface area contributed by atoms with Crippen molar-refractivity contribution in [3.05, 3.63) is 0 Å². The van der Waals surface area contributed by atoms with Crippen molar-refractivity contribution in [3.8, 4) is 0 Å². The molecule has 1 N–H and O–H groups in total. The third-order valence-corrected chi connectivity index (χ3v) is 4.85. The second-order valence-electron chi connectivity index (χ2n) is 6.76. The number of hydrogen-bond acceptors (Lipinski definition) is 3. The van der Waals surface area contributed by atoms with Gasteiger partial charge in [0, 0.05) is 50.3 Å². The molecular weight excluding hydrogens is 210 g/mol. The Bertz CT molecular complexity index is 255. The SMILES string of the molecule is CC1(C)CCC(N2CCN(C3CC3)CC2)CN1. The molecule has 0 aromatic heterocycles. The van der Waals surface area contributed by atoms with Gasteiger partial charge in [-0.25, -0.2) is 0 Å². The number of nitrogens with one attached hydrogen (secondary N) is 1. The molecule has 2 aliphatic heterocycles. The van der Waals surface area contributed by atoms with E-state index in [1.54, 1.807) is 0 Å². The van der Waals surface area contributed by atoms with Gasteiger partial charge >= 0.3 is 0 Å². The number of piperazine rings is 1. The zero-order chi connectivity index (χ0) is 11.9. The van der Waals surface area contributed by atoms with Gasteiger partial charge in [-0.05, 0) is 39.5 Å². The molecule has 3 heteroatoms. The largest absolute Gasteiger partial charge is 0.310 e. The van der Waals surface area contributed by atoms with Crippen LogP contribution in [0.25, 0.3) is 0 Å². The van der Waals surface area contributed by atoms with Gasteiger partial charge in [-0.1, -0.05) is 0 Å². The molecule has 1 atom stereocenters. The summed E-state index contributed by atoms with van der Waals surface area (Å²) in [6, 6.07) is 1.75. The maximum atomic E-state index is 3.70. The van der Waals surface area contributed by atoms with Gasteiger partial charge in [-0.3, -0.25) is 9.80 Å². The summed E-state index contributed by atoms with van der Waals surface area (Å²) >= 11 is 0. The molecule has 0 amide bonds. The summed E-state index contributed by atoms with van der Waals surface area (Å²) < 4.78 is 0.